The third-order valence-electron chi connectivity index (χ3n) is 3.75. The monoisotopic (exact) mass is 245 g/mol. The Labute approximate surface area is 108 Å². The number of benzene rings is 1. The fourth-order valence-electron chi connectivity index (χ4n) is 2.54. The standard InChI is InChI=1S/C14H19N3O/c1-16-14(11-18)6-3-7-17(10-14)13-5-2-4-12(8-13)9-15/h2,4-5,8,16,18H,3,6-7,10-11H2,1H3. The largest absolute Gasteiger partial charge is 0.394 e. The number of piperidine rings is 1. The van der Waals surface area contributed by atoms with Gasteiger partial charge in [-0.25, -0.2) is 0 Å². The zero-order valence-corrected chi connectivity index (χ0v) is 10.7. The lowest BCUT2D eigenvalue weighted by Gasteiger charge is -2.42. The van der Waals surface area contributed by atoms with Gasteiger partial charge in [0.15, 0.2) is 0 Å². The van der Waals surface area contributed by atoms with E-state index in [1.165, 1.54) is 0 Å². The number of nitrogens with zero attached hydrogens (tertiary/aromatic N) is 2. The molecular weight excluding hydrogens is 226 g/mol. The topological polar surface area (TPSA) is 59.3 Å². The molecule has 0 bridgehead atoms. The second kappa shape index (κ2) is 5.38. The summed E-state index contributed by atoms with van der Waals surface area (Å²) in [6.07, 6.45) is 2.02. The van der Waals surface area contributed by atoms with Gasteiger partial charge in [-0.2, -0.15) is 5.26 Å². The Morgan fingerprint density at radius 1 is 1.56 bits per heavy atom. The van der Waals surface area contributed by atoms with E-state index >= 15 is 0 Å². The van der Waals surface area contributed by atoms with Crippen molar-refractivity contribution < 1.29 is 5.11 Å². The Hall–Kier alpha value is -1.57. The van der Waals surface area contributed by atoms with Gasteiger partial charge >= 0.3 is 0 Å². The van der Waals surface area contributed by atoms with Crippen molar-refractivity contribution in [1.29, 1.82) is 5.26 Å². The first-order valence-electron chi connectivity index (χ1n) is 6.28. The van der Waals surface area contributed by atoms with Crippen molar-refractivity contribution in [1.82, 2.24) is 5.32 Å². The van der Waals surface area contributed by atoms with Crippen LogP contribution in [0.15, 0.2) is 24.3 Å². The SMILES string of the molecule is CNC1(CO)CCCN(c2cccc(C#N)c2)C1. The summed E-state index contributed by atoms with van der Waals surface area (Å²) < 4.78 is 0. The molecule has 0 aromatic heterocycles. The third kappa shape index (κ3) is 2.47. The maximum Gasteiger partial charge on any atom is 0.0992 e. The van der Waals surface area contributed by atoms with Gasteiger partial charge in [0.1, 0.15) is 0 Å². The Kier molecular flexibility index (Phi) is 3.85. The molecular formula is C14H19N3O. The van der Waals surface area contributed by atoms with E-state index in [2.05, 4.69) is 16.3 Å². The van der Waals surface area contributed by atoms with Gasteiger partial charge in [0.05, 0.1) is 23.8 Å². The molecule has 1 unspecified atom stereocenters. The second-order valence-corrected chi connectivity index (χ2v) is 4.88. The Morgan fingerprint density at radius 2 is 2.39 bits per heavy atom. The predicted octanol–water partition coefficient (Wildman–Crippen LogP) is 1.11. The Bertz CT molecular complexity index is 449. The lowest BCUT2D eigenvalue weighted by Crippen LogP contribution is -2.58. The van der Waals surface area contributed by atoms with Crippen molar-refractivity contribution in [3.05, 3.63) is 29.8 Å². The number of nitriles is 1. The molecule has 1 heterocycles. The van der Waals surface area contributed by atoms with E-state index in [9.17, 15) is 5.11 Å². The predicted molar refractivity (Wildman–Crippen MR) is 71.5 cm³/mol. The number of anilines is 1. The summed E-state index contributed by atoms with van der Waals surface area (Å²) in [5.74, 6) is 0. The zero-order chi connectivity index (χ0) is 13.0. The van der Waals surface area contributed by atoms with Crippen LogP contribution in [0.2, 0.25) is 0 Å². The van der Waals surface area contributed by atoms with Crippen LogP contribution in [0, 0.1) is 11.3 Å². The molecule has 4 heteroatoms. The number of hydrogen-bond acceptors (Lipinski definition) is 4. The summed E-state index contributed by atoms with van der Waals surface area (Å²) in [6, 6.07) is 9.80. The first-order valence-corrected chi connectivity index (χ1v) is 6.28. The first kappa shape index (κ1) is 12.9. The highest BCUT2D eigenvalue weighted by molar-refractivity contribution is 5.52. The van der Waals surface area contributed by atoms with E-state index in [4.69, 9.17) is 5.26 Å². The van der Waals surface area contributed by atoms with Crippen LogP contribution in [0.25, 0.3) is 0 Å². The molecule has 0 aliphatic carbocycles. The molecule has 2 N–H and O–H groups in total. The van der Waals surface area contributed by atoms with Gasteiger partial charge in [-0.05, 0) is 38.1 Å². The first-order chi connectivity index (χ1) is 8.73. The average Bonchev–Trinajstić information content (AvgIpc) is 2.47. The number of aliphatic hydroxyl groups excluding tert-OH is 1. The van der Waals surface area contributed by atoms with Crippen LogP contribution < -0.4 is 10.2 Å². The van der Waals surface area contributed by atoms with E-state index in [1.54, 1.807) is 0 Å². The fraction of sp³-hybridized carbons (Fsp3) is 0.500. The average molecular weight is 245 g/mol. The summed E-state index contributed by atoms with van der Waals surface area (Å²) in [5.41, 5.74) is 1.51. The molecule has 1 aromatic carbocycles. The van der Waals surface area contributed by atoms with Gasteiger partial charge in [0.25, 0.3) is 0 Å². The lowest BCUT2D eigenvalue weighted by molar-refractivity contribution is 0.149. The number of rotatable bonds is 3. The molecule has 18 heavy (non-hydrogen) atoms. The van der Waals surface area contributed by atoms with Crippen LogP contribution in [-0.2, 0) is 0 Å². The number of aliphatic hydroxyl groups is 1. The smallest absolute Gasteiger partial charge is 0.0992 e. The number of hydrogen-bond donors (Lipinski definition) is 2. The van der Waals surface area contributed by atoms with Gasteiger partial charge < -0.3 is 15.3 Å². The molecule has 1 atom stereocenters. The minimum absolute atomic E-state index is 0.137. The van der Waals surface area contributed by atoms with Crippen LogP contribution >= 0.6 is 0 Å². The quantitative estimate of drug-likeness (QED) is 0.837. The molecule has 1 aliphatic rings. The molecule has 0 amide bonds. The van der Waals surface area contributed by atoms with Crippen LogP contribution in [0.5, 0.6) is 0 Å². The molecule has 0 saturated carbocycles. The minimum atomic E-state index is -0.221. The van der Waals surface area contributed by atoms with Crippen molar-refractivity contribution in [2.24, 2.45) is 0 Å². The summed E-state index contributed by atoms with van der Waals surface area (Å²) in [7, 11) is 1.89. The maximum absolute atomic E-state index is 9.57. The fourth-order valence-corrected chi connectivity index (χ4v) is 2.54. The van der Waals surface area contributed by atoms with Gasteiger partial charge in [0, 0.05) is 18.8 Å². The molecule has 2 rings (SSSR count). The number of nitrogens with one attached hydrogen (secondary N) is 1. The molecule has 0 spiro atoms. The number of likely N-dealkylation sites (N-methyl/N-ethyl adjacent to an activating group) is 1. The highest BCUT2D eigenvalue weighted by Crippen LogP contribution is 2.26. The Morgan fingerprint density at radius 3 is 3.06 bits per heavy atom. The summed E-state index contributed by atoms with van der Waals surface area (Å²) in [4.78, 5) is 2.23. The summed E-state index contributed by atoms with van der Waals surface area (Å²) >= 11 is 0. The zero-order valence-electron chi connectivity index (χ0n) is 10.7. The molecule has 1 aromatic rings. The van der Waals surface area contributed by atoms with Gasteiger partial charge in [-0.1, -0.05) is 6.07 Å². The van der Waals surface area contributed by atoms with Crippen LogP contribution in [0.3, 0.4) is 0 Å². The minimum Gasteiger partial charge on any atom is -0.394 e. The molecule has 1 fully saturated rings. The Balaban J connectivity index is 2.20. The van der Waals surface area contributed by atoms with Crippen molar-refractivity contribution in [2.75, 3.05) is 31.6 Å². The normalized spacial score (nSPS) is 23.7. The molecule has 0 radical (unpaired) electrons. The maximum atomic E-state index is 9.57. The van der Waals surface area contributed by atoms with Crippen LogP contribution in [0.1, 0.15) is 18.4 Å². The van der Waals surface area contributed by atoms with E-state index in [1.807, 2.05) is 31.3 Å². The highest BCUT2D eigenvalue weighted by Gasteiger charge is 2.33. The summed E-state index contributed by atoms with van der Waals surface area (Å²) in [5, 5.41) is 21.7. The van der Waals surface area contributed by atoms with E-state index < -0.39 is 0 Å². The molecule has 1 aliphatic heterocycles. The molecule has 4 nitrogen and oxygen atoms in total. The van der Waals surface area contributed by atoms with Crippen molar-refractivity contribution >= 4 is 5.69 Å². The van der Waals surface area contributed by atoms with Crippen molar-refractivity contribution in [3.8, 4) is 6.07 Å². The molecule has 1 saturated heterocycles. The van der Waals surface area contributed by atoms with E-state index in [0.717, 1.165) is 31.6 Å². The molecule has 96 valence electrons. The van der Waals surface area contributed by atoms with Crippen LogP contribution in [0.4, 0.5) is 5.69 Å². The van der Waals surface area contributed by atoms with Gasteiger partial charge in [0.2, 0.25) is 0 Å². The second-order valence-electron chi connectivity index (χ2n) is 4.88. The van der Waals surface area contributed by atoms with E-state index in [-0.39, 0.29) is 12.1 Å². The van der Waals surface area contributed by atoms with Gasteiger partial charge in [-0.3, -0.25) is 0 Å². The van der Waals surface area contributed by atoms with Crippen molar-refractivity contribution in [2.45, 2.75) is 18.4 Å². The highest BCUT2D eigenvalue weighted by atomic mass is 16.3. The lowest BCUT2D eigenvalue weighted by atomic mass is 9.89. The van der Waals surface area contributed by atoms with E-state index in [0.29, 0.717) is 5.56 Å². The van der Waals surface area contributed by atoms with Gasteiger partial charge in [-0.15, -0.1) is 0 Å². The summed E-state index contributed by atoms with van der Waals surface area (Å²) in [6.45, 7) is 1.88. The van der Waals surface area contributed by atoms with Crippen molar-refractivity contribution in [3.63, 3.8) is 0 Å². The third-order valence-corrected chi connectivity index (χ3v) is 3.75. The van der Waals surface area contributed by atoms with Crippen LogP contribution in [-0.4, -0.2) is 37.4 Å².